The van der Waals surface area contributed by atoms with Gasteiger partial charge in [0.25, 0.3) is 0 Å². The zero-order valence-electron chi connectivity index (χ0n) is 12.1. The Morgan fingerprint density at radius 2 is 1.30 bits per heavy atom. The fraction of sp³-hybridized carbons (Fsp3) is 0.250. The molecule has 4 nitrogen and oxygen atoms in total. The van der Waals surface area contributed by atoms with Gasteiger partial charge in [0, 0.05) is 30.0 Å². The lowest BCUT2D eigenvalue weighted by molar-refractivity contribution is 0.162. The van der Waals surface area contributed by atoms with Crippen LogP contribution in [-0.2, 0) is 4.74 Å². The Hall–Kier alpha value is -2.20. The lowest BCUT2D eigenvalue weighted by atomic mass is 10.0. The SMILES string of the molecule is CCOCC.Nc1ccccc1-c1cccc(N)c1N. The van der Waals surface area contributed by atoms with E-state index in [1.807, 2.05) is 50.2 Å². The smallest absolute Gasteiger partial charge is 0.0628 e. The van der Waals surface area contributed by atoms with Crippen molar-refractivity contribution in [3.8, 4) is 11.1 Å². The van der Waals surface area contributed by atoms with Gasteiger partial charge in [0.15, 0.2) is 0 Å². The summed E-state index contributed by atoms with van der Waals surface area (Å²) < 4.78 is 4.83. The zero-order chi connectivity index (χ0) is 15.0. The lowest BCUT2D eigenvalue weighted by Gasteiger charge is -2.10. The van der Waals surface area contributed by atoms with E-state index >= 15 is 0 Å². The van der Waals surface area contributed by atoms with Gasteiger partial charge in [0.2, 0.25) is 0 Å². The van der Waals surface area contributed by atoms with Crippen molar-refractivity contribution in [2.75, 3.05) is 30.4 Å². The summed E-state index contributed by atoms with van der Waals surface area (Å²) in [4.78, 5) is 0. The third-order valence-electron chi connectivity index (χ3n) is 2.80. The molecular formula is C16H23N3O. The first kappa shape index (κ1) is 15.9. The number of hydrogen-bond acceptors (Lipinski definition) is 4. The summed E-state index contributed by atoms with van der Waals surface area (Å²) in [7, 11) is 0. The maximum atomic E-state index is 5.90. The van der Waals surface area contributed by atoms with E-state index < -0.39 is 0 Å². The van der Waals surface area contributed by atoms with Crippen LogP contribution in [0.25, 0.3) is 11.1 Å². The van der Waals surface area contributed by atoms with E-state index in [2.05, 4.69) is 0 Å². The minimum Gasteiger partial charge on any atom is -0.398 e. The van der Waals surface area contributed by atoms with Crippen molar-refractivity contribution in [1.29, 1.82) is 0 Å². The number of rotatable bonds is 3. The average Bonchev–Trinajstić information content (AvgIpc) is 2.44. The number of nitrogens with two attached hydrogens (primary N) is 3. The highest BCUT2D eigenvalue weighted by Gasteiger charge is 2.06. The second-order valence-corrected chi connectivity index (χ2v) is 4.18. The van der Waals surface area contributed by atoms with Gasteiger partial charge in [-0.25, -0.2) is 0 Å². The van der Waals surface area contributed by atoms with Gasteiger partial charge >= 0.3 is 0 Å². The predicted octanol–water partition coefficient (Wildman–Crippen LogP) is 3.14. The molecule has 0 saturated carbocycles. The molecule has 0 heterocycles. The molecule has 0 aromatic heterocycles. The van der Waals surface area contributed by atoms with Gasteiger partial charge in [0.05, 0.1) is 11.4 Å². The third kappa shape index (κ3) is 4.17. The van der Waals surface area contributed by atoms with Crippen molar-refractivity contribution in [3.63, 3.8) is 0 Å². The number of anilines is 3. The van der Waals surface area contributed by atoms with Gasteiger partial charge in [0.1, 0.15) is 0 Å². The summed E-state index contributed by atoms with van der Waals surface area (Å²) >= 11 is 0. The molecule has 0 bridgehead atoms. The molecule has 0 aliphatic rings. The van der Waals surface area contributed by atoms with Gasteiger partial charge in [-0.05, 0) is 26.0 Å². The van der Waals surface area contributed by atoms with Crippen LogP contribution < -0.4 is 17.2 Å². The summed E-state index contributed by atoms with van der Waals surface area (Å²) in [6, 6.07) is 13.1. The summed E-state index contributed by atoms with van der Waals surface area (Å²) in [5.41, 5.74) is 21.2. The number of hydrogen-bond donors (Lipinski definition) is 3. The molecule has 6 N–H and O–H groups in total. The Bertz CT molecular complexity index is 539. The van der Waals surface area contributed by atoms with Gasteiger partial charge in [-0.15, -0.1) is 0 Å². The molecule has 0 radical (unpaired) electrons. The van der Waals surface area contributed by atoms with Crippen LogP contribution in [0.4, 0.5) is 17.1 Å². The van der Waals surface area contributed by atoms with Gasteiger partial charge in [-0.2, -0.15) is 0 Å². The van der Waals surface area contributed by atoms with Crippen LogP contribution in [0.1, 0.15) is 13.8 Å². The molecule has 0 saturated heterocycles. The minimum absolute atomic E-state index is 0.579. The topological polar surface area (TPSA) is 87.3 Å². The molecule has 4 heteroatoms. The molecule has 0 atom stereocenters. The van der Waals surface area contributed by atoms with Crippen molar-refractivity contribution in [1.82, 2.24) is 0 Å². The first-order valence-electron chi connectivity index (χ1n) is 6.68. The number of nitrogen functional groups attached to an aromatic ring is 3. The van der Waals surface area contributed by atoms with Crippen LogP contribution in [0.5, 0.6) is 0 Å². The van der Waals surface area contributed by atoms with Crippen molar-refractivity contribution < 1.29 is 4.74 Å². The van der Waals surface area contributed by atoms with Crippen LogP contribution >= 0.6 is 0 Å². The van der Waals surface area contributed by atoms with Crippen LogP contribution in [-0.4, -0.2) is 13.2 Å². The molecule has 0 unspecified atom stereocenters. The van der Waals surface area contributed by atoms with Crippen molar-refractivity contribution >= 4 is 17.1 Å². The van der Waals surface area contributed by atoms with E-state index in [0.29, 0.717) is 17.1 Å². The van der Waals surface area contributed by atoms with Gasteiger partial charge in [-0.1, -0.05) is 30.3 Å². The second kappa shape index (κ2) is 8.07. The van der Waals surface area contributed by atoms with Gasteiger partial charge < -0.3 is 21.9 Å². The Balaban J connectivity index is 0.000000347. The van der Waals surface area contributed by atoms with E-state index in [9.17, 15) is 0 Å². The molecule has 108 valence electrons. The van der Waals surface area contributed by atoms with Crippen LogP contribution in [0, 0.1) is 0 Å². The highest BCUT2D eigenvalue weighted by Crippen LogP contribution is 2.33. The van der Waals surface area contributed by atoms with Crippen molar-refractivity contribution in [2.24, 2.45) is 0 Å². The molecule has 2 rings (SSSR count). The Labute approximate surface area is 120 Å². The summed E-state index contributed by atoms with van der Waals surface area (Å²) in [5, 5.41) is 0. The molecular weight excluding hydrogens is 250 g/mol. The molecule has 20 heavy (non-hydrogen) atoms. The number of para-hydroxylation sites is 2. The molecule has 0 amide bonds. The maximum Gasteiger partial charge on any atom is 0.0628 e. The van der Waals surface area contributed by atoms with E-state index in [1.165, 1.54) is 0 Å². The Morgan fingerprint density at radius 1 is 0.750 bits per heavy atom. The molecule has 2 aromatic rings. The summed E-state index contributed by atoms with van der Waals surface area (Å²) in [6.45, 7) is 5.67. The number of ether oxygens (including phenoxy) is 1. The molecule has 0 spiro atoms. The first-order chi connectivity index (χ1) is 9.61. The van der Waals surface area contributed by atoms with E-state index in [-0.39, 0.29) is 0 Å². The average molecular weight is 273 g/mol. The predicted molar refractivity (Wildman–Crippen MR) is 87.3 cm³/mol. The van der Waals surface area contributed by atoms with E-state index in [4.69, 9.17) is 21.9 Å². The fourth-order valence-electron chi connectivity index (χ4n) is 1.76. The second-order valence-electron chi connectivity index (χ2n) is 4.18. The quantitative estimate of drug-likeness (QED) is 0.750. The Morgan fingerprint density at radius 3 is 1.85 bits per heavy atom. The standard InChI is InChI=1S/C12H13N3.C4H10O/c13-10-6-2-1-4-8(10)9-5-3-7-11(14)12(9)15;1-3-5-4-2/h1-7H,13-15H2;3-4H2,1-2H3. The van der Waals surface area contributed by atoms with Gasteiger partial charge in [-0.3, -0.25) is 0 Å². The number of benzene rings is 2. The van der Waals surface area contributed by atoms with Crippen LogP contribution in [0.15, 0.2) is 42.5 Å². The normalized spacial score (nSPS) is 9.70. The van der Waals surface area contributed by atoms with Crippen LogP contribution in [0.2, 0.25) is 0 Å². The van der Waals surface area contributed by atoms with Crippen molar-refractivity contribution in [3.05, 3.63) is 42.5 Å². The minimum atomic E-state index is 0.579. The summed E-state index contributed by atoms with van der Waals surface area (Å²) in [5.74, 6) is 0. The highest BCUT2D eigenvalue weighted by molar-refractivity contribution is 5.89. The molecule has 0 aliphatic heterocycles. The lowest BCUT2D eigenvalue weighted by Crippen LogP contribution is -1.98. The zero-order valence-corrected chi connectivity index (χ0v) is 12.1. The summed E-state index contributed by atoms with van der Waals surface area (Å²) in [6.07, 6.45) is 0. The molecule has 0 fully saturated rings. The maximum absolute atomic E-state index is 5.90. The highest BCUT2D eigenvalue weighted by atomic mass is 16.5. The largest absolute Gasteiger partial charge is 0.398 e. The Kier molecular flexibility index (Phi) is 6.40. The third-order valence-corrected chi connectivity index (χ3v) is 2.80. The van der Waals surface area contributed by atoms with Crippen molar-refractivity contribution in [2.45, 2.75) is 13.8 Å². The van der Waals surface area contributed by atoms with E-state index in [1.54, 1.807) is 6.07 Å². The molecule has 2 aromatic carbocycles. The fourth-order valence-corrected chi connectivity index (χ4v) is 1.76. The first-order valence-corrected chi connectivity index (χ1v) is 6.68. The van der Waals surface area contributed by atoms with E-state index in [0.717, 1.165) is 24.3 Å². The molecule has 0 aliphatic carbocycles. The van der Waals surface area contributed by atoms with Crippen LogP contribution in [0.3, 0.4) is 0 Å². The monoisotopic (exact) mass is 273 g/mol.